The number of nitrogens with zero attached hydrogens (tertiary/aromatic N) is 1. The van der Waals surface area contributed by atoms with Crippen molar-refractivity contribution >= 4 is 23.5 Å². The highest BCUT2D eigenvalue weighted by Gasteiger charge is 2.32. The summed E-state index contributed by atoms with van der Waals surface area (Å²) >= 11 is 0. The molecule has 0 radical (unpaired) electrons. The summed E-state index contributed by atoms with van der Waals surface area (Å²) in [6.07, 6.45) is -0.626. The van der Waals surface area contributed by atoms with Gasteiger partial charge in [0.2, 0.25) is 10.0 Å². The first-order chi connectivity index (χ1) is 10.6. The first-order valence-electron chi connectivity index (χ1n) is 6.78. The number of carbonyl (C=O) groups is 1. The Kier molecular flexibility index (Phi) is 6.91. The molecule has 10 heteroatoms. The summed E-state index contributed by atoms with van der Waals surface area (Å²) in [6, 6.07) is 6.04. The fraction of sp³-hybridized carbons (Fsp3) is 0.462. The van der Waals surface area contributed by atoms with Gasteiger partial charge in [-0.05, 0) is 26.0 Å². The van der Waals surface area contributed by atoms with Crippen LogP contribution in [0.5, 0.6) is 0 Å². The lowest BCUT2D eigenvalue weighted by molar-refractivity contribution is -0.143. The number of esters is 1. The lowest BCUT2D eigenvalue weighted by Crippen LogP contribution is -2.38. The Morgan fingerprint density at radius 1 is 1.30 bits per heavy atom. The molecule has 0 amide bonds. The van der Waals surface area contributed by atoms with E-state index in [2.05, 4.69) is 4.52 Å². The Labute approximate surface area is 136 Å². The number of benzene rings is 1. The van der Waals surface area contributed by atoms with E-state index in [4.69, 9.17) is 10.2 Å². The van der Waals surface area contributed by atoms with E-state index >= 15 is 0 Å². The van der Waals surface area contributed by atoms with Crippen molar-refractivity contribution in [3.05, 3.63) is 29.8 Å². The molecule has 0 heterocycles. The van der Waals surface area contributed by atoms with Gasteiger partial charge in [0.15, 0.2) is 0 Å². The SMILES string of the molecule is CCOC(=O)CN(C[P@](N)(=O)OC)S(=O)(=O)c1ccc(C)cc1. The Morgan fingerprint density at radius 3 is 2.35 bits per heavy atom. The van der Waals surface area contributed by atoms with Gasteiger partial charge in [-0.25, -0.2) is 8.42 Å². The molecule has 0 saturated carbocycles. The Morgan fingerprint density at radius 2 is 1.87 bits per heavy atom. The molecule has 1 aromatic carbocycles. The third kappa shape index (κ3) is 5.71. The number of hydrogen-bond acceptors (Lipinski definition) is 6. The molecule has 0 bridgehead atoms. The number of nitrogens with two attached hydrogens (primary N) is 1. The highest BCUT2D eigenvalue weighted by atomic mass is 32.2. The summed E-state index contributed by atoms with van der Waals surface area (Å²) in [5.74, 6) is -0.765. The van der Waals surface area contributed by atoms with Crippen LogP contribution in [-0.4, -0.2) is 45.2 Å². The predicted octanol–water partition coefficient (Wildman–Crippen LogP) is 1.30. The Hall–Kier alpha value is -1.25. The molecule has 0 aliphatic rings. The van der Waals surface area contributed by atoms with E-state index in [1.807, 2.05) is 6.92 Å². The first-order valence-corrected chi connectivity index (χ1v) is 10.1. The molecule has 130 valence electrons. The molecular weight excluding hydrogens is 343 g/mol. The van der Waals surface area contributed by atoms with Gasteiger partial charge in [0, 0.05) is 7.11 Å². The zero-order chi connectivity index (χ0) is 17.7. The molecular formula is C13H21N2O6PS. The Bertz CT molecular complexity index is 689. The molecule has 0 spiro atoms. The van der Waals surface area contributed by atoms with Gasteiger partial charge in [-0.2, -0.15) is 4.31 Å². The van der Waals surface area contributed by atoms with Gasteiger partial charge in [0.1, 0.15) is 12.8 Å². The lowest BCUT2D eigenvalue weighted by Gasteiger charge is -2.23. The summed E-state index contributed by atoms with van der Waals surface area (Å²) in [5, 5.41) is 0. The van der Waals surface area contributed by atoms with E-state index in [9.17, 15) is 17.8 Å². The lowest BCUT2D eigenvalue weighted by atomic mass is 10.2. The van der Waals surface area contributed by atoms with Gasteiger partial charge in [-0.1, -0.05) is 17.7 Å². The van der Waals surface area contributed by atoms with Crippen molar-refractivity contribution in [2.24, 2.45) is 5.50 Å². The van der Waals surface area contributed by atoms with Gasteiger partial charge in [-0.3, -0.25) is 14.9 Å². The minimum atomic E-state index is -4.07. The molecule has 2 N–H and O–H groups in total. The van der Waals surface area contributed by atoms with Crippen molar-refractivity contribution in [3.63, 3.8) is 0 Å². The van der Waals surface area contributed by atoms with Gasteiger partial charge in [0.05, 0.1) is 11.5 Å². The third-order valence-electron chi connectivity index (χ3n) is 2.93. The van der Waals surface area contributed by atoms with Crippen molar-refractivity contribution in [3.8, 4) is 0 Å². The fourth-order valence-corrected chi connectivity index (χ4v) is 4.50. The van der Waals surface area contributed by atoms with Crippen molar-refractivity contribution in [2.45, 2.75) is 18.7 Å². The number of ether oxygens (including phenoxy) is 1. The quantitative estimate of drug-likeness (QED) is 0.546. The van der Waals surface area contributed by atoms with Crippen LogP contribution < -0.4 is 5.50 Å². The van der Waals surface area contributed by atoms with E-state index in [0.717, 1.165) is 12.7 Å². The zero-order valence-electron chi connectivity index (χ0n) is 13.3. The normalized spacial score (nSPS) is 14.5. The minimum Gasteiger partial charge on any atom is -0.465 e. The second-order valence-corrected chi connectivity index (χ2v) is 8.82. The van der Waals surface area contributed by atoms with Gasteiger partial charge in [0.25, 0.3) is 7.52 Å². The van der Waals surface area contributed by atoms with Crippen LogP contribution in [0.1, 0.15) is 12.5 Å². The predicted molar refractivity (Wildman–Crippen MR) is 85.4 cm³/mol. The molecule has 0 unspecified atom stereocenters. The van der Waals surface area contributed by atoms with E-state index in [-0.39, 0.29) is 11.5 Å². The van der Waals surface area contributed by atoms with E-state index in [1.54, 1.807) is 19.1 Å². The average molecular weight is 364 g/mol. The molecule has 0 aromatic heterocycles. The number of sulfonamides is 1. The first kappa shape index (κ1) is 19.8. The van der Waals surface area contributed by atoms with Crippen molar-refractivity contribution in [1.82, 2.24) is 4.31 Å². The summed E-state index contributed by atoms with van der Waals surface area (Å²) in [7, 11) is -6.65. The standard InChI is InChI=1S/C13H21N2O6PS/c1-4-21-13(16)9-15(10-22(14,17)20-3)23(18,19)12-7-5-11(2)6-8-12/h5-8H,4,9-10H2,1-3H3,(H2,14,17)/t22-/m0/s1. The monoisotopic (exact) mass is 364 g/mol. The minimum absolute atomic E-state index is 0.0384. The van der Waals surface area contributed by atoms with E-state index in [1.165, 1.54) is 12.1 Å². The highest BCUT2D eigenvalue weighted by Crippen LogP contribution is 2.38. The van der Waals surface area contributed by atoms with Crippen LogP contribution >= 0.6 is 7.52 Å². The molecule has 1 rings (SSSR count). The summed E-state index contributed by atoms with van der Waals surface area (Å²) < 4.78 is 47.4. The van der Waals surface area contributed by atoms with E-state index in [0.29, 0.717) is 4.31 Å². The van der Waals surface area contributed by atoms with Crippen LogP contribution in [0.3, 0.4) is 0 Å². The summed E-state index contributed by atoms with van der Waals surface area (Å²) in [5.41, 5.74) is 6.32. The van der Waals surface area contributed by atoms with Crippen LogP contribution in [0.15, 0.2) is 29.2 Å². The molecule has 0 aliphatic heterocycles. The molecule has 23 heavy (non-hydrogen) atoms. The fourth-order valence-electron chi connectivity index (χ4n) is 1.70. The number of carbonyl (C=O) groups excluding carboxylic acids is 1. The second-order valence-electron chi connectivity index (χ2n) is 4.78. The molecule has 1 aromatic rings. The van der Waals surface area contributed by atoms with Crippen LogP contribution in [0.25, 0.3) is 0 Å². The summed E-state index contributed by atoms with van der Waals surface area (Å²) in [6.45, 7) is 2.90. The molecule has 0 fully saturated rings. The maximum Gasteiger partial charge on any atom is 0.321 e. The van der Waals surface area contributed by atoms with Crippen LogP contribution in [0.4, 0.5) is 0 Å². The van der Waals surface area contributed by atoms with Crippen LogP contribution in [0.2, 0.25) is 0 Å². The molecule has 0 saturated heterocycles. The third-order valence-corrected chi connectivity index (χ3v) is 6.28. The molecule has 0 aliphatic carbocycles. The molecule has 1 atom stereocenters. The molecule has 8 nitrogen and oxygen atoms in total. The maximum absolute atomic E-state index is 12.7. The van der Waals surface area contributed by atoms with E-state index < -0.39 is 36.3 Å². The van der Waals surface area contributed by atoms with Gasteiger partial charge < -0.3 is 9.26 Å². The van der Waals surface area contributed by atoms with Gasteiger partial charge >= 0.3 is 5.97 Å². The largest absolute Gasteiger partial charge is 0.465 e. The zero-order valence-corrected chi connectivity index (χ0v) is 15.0. The second kappa shape index (κ2) is 8.03. The Balaban J connectivity index is 3.17. The van der Waals surface area contributed by atoms with Crippen molar-refractivity contribution in [1.29, 1.82) is 0 Å². The number of hydrogen-bond donors (Lipinski definition) is 1. The van der Waals surface area contributed by atoms with Crippen LogP contribution in [-0.2, 0) is 28.6 Å². The number of aryl methyl sites for hydroxylation is 1. The van der Waals surface area contributed by atoms with Crippen LogP contribution in [0, 0.1) is 6.92 Å². The topological polar surface area (TPSA) is 116 Å². The highest BCUT2D eigenvalue weighted by molar-refractivity contribution is 7.89. The van der Waals surface area contributed by atoms with Crippen molar-refractivity contribution in [2.75, 3.05) is 26.5 Å². The van der Waals surface area contributed by atoms with Crippen molar-refractivity contribution < 1.29 is 27.0 Å². The smallest absolute Gasteiger partial charge is 0.321 e. The van der Waals surface area contributed by atoms with Gasteiger partial charge in [-0.15, -0.1) is 0 Å². The number of rotatable bonds is 8. The summed E-state index contributed by atoms with van der Waals surface area (Å²) in [4.78, 5) is 11.6. The maximum atomic E-state index is 12.7. The average Bonchev–Trinajstić information content (AvgIpc) is 2.47.